The molecular formula is C30H27BN6O3. The Labute approximate surface area is 232 Å². The minimum absolute atomic E-state index is 0.170. The Morgan fingerprint density at radius 2 is 1.38 bits per heavy atom. The molecule has 40 heavy (non-hydrogen) atoms. The zero-order chi connectivity index (χ0) is 27.3. The highest BCUT2D eigenvalue weighted by atomic mass is 16.4. The molecule has 2 aromatic heterocycles. The minimum atomic E-state index is -0.242. The van der Waals surface area contributed by atoms with Crippen molar-refractivity contribution in [2.75, 3.05) is 25.0 Å². The van der Waals surface area contributed by atoms with E-state index in [0.29, 0.717) is 60.8 Å². The number of aryl methyl sites for hydroxylation is 1. The number of hydrogen-bond donors (Lipinski definition) is 1. The second-order valence-electron chi connectivity index (χ2n) is 9.49. The second kappa shape index (κ2) is 11.5. The Morgan fingerprint density at radius 3 is 2.02 bits per heavy atom. The summed E-state index contributed by atoms with van der Waals surface area (Å²) in [6.07, 6.45) is 3.80. The number of rotatable bonds is 11. The molecular weight excluding hydrogens is 503 g/mol. The van der Waals surface area contributed by atoms with Gasteiger partial charge in [0.1, 0.15) is 11.8 Å². The molecule has 0 aliphatic carbocycles. The molecule has 0 spiro atoms. The zero-order valence-electron chi connectivity index (χ0n) is 21.8. The van der Waals surface area contributed by atoms with Gasteiger partial charge in [0.2, 0.25) is 0 Å². The molecule has 2 amide bonds. The van der Waals surface area contributed by atoms with Crippen LogP contribution in [0.1, 0.15) is 27.1 Å². The van der Waals surface area contributed by atoms with E-state index in [0.717, 1.165) is 10.9 Å². The Kier molecular flexibility index (Phi) is 7.32. The van der Waals surface area contributed by atoms with Crippen molar-refractivity contribution in [3.05, 3.63) is 109 Å². The summed E-state index contributed by atoms with van der Waals surface area (Å²) >= 11 is 0. The highest BCUT2D eigenvalue weighted by Crippen LogP contribution is 2.23. The topological polar surface area (TPSA) is 102 Å². The van der Waals surface area contributed by atoms with E-state index in [2.05, 4.69) is 44.5 Å². The molecule has 1 aliphatic rings. The molecule has 3 aromatic carbocycles. The summed E-state index contributed by atoms with van der Waals surface area (Å²) in [5, 5.41) is 3.33. The van der Waals surface area contributed by atoms with E-state index >= 15 is 0 Å². The van der Waals surface area contributed by atoms with Gasteiger partial charge in [-0.05, 0) is 29.5 Å². The first-order valence-corrected chi connectivity index (χ1v) is 13.3. The van der Waals surface area contributed by atoms with Crippen LogP contribution in [0.15, 0.2) is 97.6 Å². The number of benzene rings is 3. The van der Waals surface area contributed by atoms with Crippen molar-refractivity contribution in [2.24, 2.45) is 0 Å². The molecule has 5 aromatic rings. The van der Waals surface area contributed by atoms with Crippen LogP contribution in [0.2, 0.25) is 0 Å². The van der Waals surface area contributed by atoms with Crippen molar-refractivity contribution in [1.29, 1.82) is 0 Å². The molecule has 0 radical (unpaired) electrons. The fourth-order valence-electron chi connectivity index (χ4n) is 5.00. The van der Waals surface area contributed by atoms with Crippen molar-refractivity contribution >= 4 is 46.6 Å². The molecule has 0 bridgehead atoms. The number of imidazole rings is 1. The summed E-state index contributed by atoms with van der Waals surface area (Å²) in [5.41, 5.74) is 4.47. The number of fused-ring (bicyclic) bond motifs is 2. The summed E-state index contributed by atoms with van der Waals surface area (Å²) < 4.78 is 8.22. The highest BCUT2D eigenvalue weighted by Gasteiger charge is 2.34. The largest absolute Gasteiger partial charge is 0.425 e. The van der Waals surface area contributed by atoms with Gasteiger partial charge >= 0.3 is 6.92 Å². The predicted octanol–water partition coefficient (Wildman–Crippen LogP) is 2.75. The third kappa shape index (κ3) is 5.09. The van der Waals surface area contributed by atoms with Crippen molar-refractivity contribution < 1.29 is 14.2 Å². The summed E-state index contributed by atoms with van der Waals surface area (Å²) in [4.78, 5) is 39.9. The lowest BCUT2D eigenvalue weighted by molar-refractivity contribution is 0.0651. The second-order valence-corrected chi connectivity index (χ2v) is 9.49. The number of hydrogen-bond acceptors (Lipinski definition) is 7. The average Bonchev–Trinajstić information content (AvgIpc) is 3.53. The average molecular weight is 530 g/mol. The van der Waals surface area contributed by atoms with Crippen LogP contribution in [0.3, 0.4) is 0 Å². The highest BCUT2D eigenvalue weighted by molar-refractivity contribution is 6.80. The monoisotopic (exact) mass is 530 g/mol. The van der Waals surface area contributed by atoms with E-state index in [1.807, 2.05) is 41.0 Å². The van der Waals surface area contributed by atoms with E-state index in [4.69, 9.17) is 4.65 Å². The van der Waals surface area contributed by atoms with Gasteiger partial charge < -0.3 is 14.5 Å². The fourth-order valence-corrected chi connectivity index (χ4v) is 5.00. The van der Waals surface area contributed by atoms with Crippen LogP contribution >= 0.6 is 0 Å². The molecule has 0 fully saturated rings. The van der Waals surface area contributed by atoms with Crippen LogP contribution < -0.4 is 16.2 Å². The maximum atomic E-state index is 12.6. The van der Waals surface area contributed by atoms with Gasteiger partial charge in [-0.3, -0.25) is 14.5 Å². The Hall–Kier alpha value is -4.83. The van der Waals surface area contributed by atoms with Crippen molar-refractivity contribution in [2.45, 2.75) is 13.0 Å². The Balaban J connectivity index is 1.06. The standard InChI is InChI=1S/C30H27BN6O3/c38-29-24-14-7-8-15-25(24)30(39)37(29)18-9-17-36-21-35-26-27(33-20-34-28(26)36)32-16-19-40-31(22-10-3-1-4-11-22)23-12-5-2-6-13-23/h1-8,10-15,20-21H,9,16-19H2,(H,32,33,34). The van der Waals surface area contributed by atoms with E-state index < -0.39 is 0 Å². The molecule has 10 heteroatoms. The number of carbonyl (C=O) groups excluding carboxylic acids is 2. The summed E-state index contributed by atoms with van der Waals surface area (Å²) in [7, 11) is 0. The van der Waals surface area contributed by atoms with Gasteiger partial charge in [0.25, 0.3) is 11.8 Å². The molecule has 9 nitrogen and oxygen atoms in total. The van der Waals surface area contributed by atoms with Crippen LogP contribution in [0.25, 0.3) is 11.2 Å². The Morgan fingerprint density at radius 1 is 0.750 bits per heavy atom. The van der Waals surface area contributed by atoms with Gasteiger partial charge in [0.05, 0.1) is 17.5 Å². The smallest absolute Gasteiger partial charge is 0.361 e. The normalized spacial score (nSPS) is 12.7. The molecule has 0 saturated carbocycles. The molecule has 3 heterocycles. The maximum Gasteiger partial charge on any atom is 0.361 e. The maximum absolute atomic E-state index is 12.6. The van der Waals surface area contributed by atoms with Gasteiger partial charge in [-0.15, -0.1) is 0 Å². The number of imide groups is 1. The van der Waals surface area contributed by atoms with Gasteiger partial charge in [0, 0.05) is 26.2 Å². The van der Waals surface area contributed by atoms with Gasteiger partial charge in [-0.2, -0.15) is 0 Å². The van der Waals surface area contributed by atoms with Crippen molar-refractivity contribution in [3.63, 3.8) is 0 Å². The van der Waals surface area contributed by atoms with E-state index in [-0.39, 0.29) is 18.7 Å². The van der Waals surface area contributed by atoms with Crippen LogP contribution in [0.4, 0.5) is 5.82 Å². The lowest BCUT2D eigenvalue weighted by Gasteiger charge is -2.16. The fraction of sp³-hybridized carbons (Fsp3) is 0.167. The summed E-state index contributed by atoms with van der Waals surface area (Å²) in [5.74, 6) is 0.145. The van der Waals surface area contributed by atoms with Crippen molar-refractivity contribution in [1.82, 2.24) is 24.4 Å². The molecule has 6 rings (SSSR count). The molecule has 0 atom stereocenters. The van der Waals surface area contributed by atoms with Crippen molar-refractivity contribution in [3.8, 4) is 0 Å². The first-order valence-electron chi connectivity index (χ1n) is 13.3. The number of aromatic nitrogens is 4. The third-order valence-electron chi connectivity index (χ3n) is 6.94. The summed E-state index contributed by atoms with van der Waals surface area (Å²) in [6, 6.07) is 27.3. The molecule has 0 unspecified atom stereocenters. The Bertz CT molecular complexity index is 1570. The van der Waals surface area contributed by atoms with Crippen LogP contribution in [-0.2, 0) is 11.2 Å². The van der Waals surface area contributed by atoms with E-state index in [1.54, 1.807) is 30.6 Å². The van der Waals surface area contributed by atoms with Crippen LogP contribution in [0, 0.1) is 0 Å². The van der Waals surface area contributed by atoms with E-state index in [1.165, 1.54) is 11.2 Å². The van der Waals surface area contributed by atoms with Gasteiger partial charge in [0.15, 0.2) is 11.5 Å². The lowest BCUT2D eigenvalue weighted by Crippen LogP contribution is -2.45. The third-order valence-corrected chi connectivity index (χ3v) is 6.94. The minimum Gasteiger partial charge on any atom is -0.425 e. The number of amides is 2. The first-order chi connectivity index (χ1) is 19.7. The number of anilines is 1. The predicted molar refractivity (Wildman–Crippen MR) is 154 cm³/mol. The number of carbonyl (C=O) groups is 2. The molecule has 1 aliphatic heterocycles. The molecule has 198 valence electrons. The van der Waals surface area contributed by atoms with E-state index in [9.17, 15) is 9.59 Å². The summed E-state index contributed by atoms with van der Waals surface area (Å²) in [6.45, 7) is 1.70. The quantitative estimate of drug-likeness (QED) is 0.159. The molecule has 0 saturated heterocycles. The van der Waals surface area contributed by atoms with Crippen LogP contribution in [-0.4, -0.2) is 62.8 Å². The van der Waals surface area contributed by atoms with Gasteiger partial charge in [-0.25, -0.2) is 15.0 Å². The number of nitrogens with one attached hydrogen (secondary N) is 1. The number of nitrogens with zero attached hydrogens (tertiary/aromatic N) is 5. The van der Waals surface area contributed by atoms with Gasteiger partial charge in [-0.1, -0.05) is 72.8 Å². The van der Waals surface area contributed by atoms with Crippen LogP contribution in [0.5, 0.6) is 0 Å². The first kappa shape index (κ1) is 25.5. The SMILES string of the molecule is O=C1c2ccccc2C(=O)N1CCCn1cnc2c(NCCOB(c3ccccc3)c3ccccc3)ncnc21. The molecule has 1 N–H and O–H groups in total. The lowest BCUT2D eigenvalue weighted by atomic mass is 9.55. The zero-order valence-corrected chi connectivity index (χ0v) is 21.8.